The van der Waals surface area contributed by atoms with Gasteiger partial charge in [0.15, 0.2) is 0 Å². The molecule has 0 spiro atoms. The van der Waals surface area contributed by atoms with Crippen LogP contribution in [0.2, 0.25) is 0 Å². The first-order chi connectivity index (χ1) is 9.19. The van der Waals surface area contributed by atoms with Crippen molar-refractivity contribution in [3.05, 3.63) is 29.6 Å². The normalized spacial score (nSPS) is 23.3. The van der Waals surface area contributed by atoms with Crippen LogP contribution in [0.1, 0.15) is 43.6 Å². The Balaban J connectivity index is 2.12. The molecule has 2 nitrogen and oxygen atoms in total. The molecule has 0 saturated heterocycles. The van der Waals surface area contributed by atoms with E-state index in [1.165, 1.54) is 30.3 Å². The van der Waals surface area contributed by atoms with Gasteiger partial charge in [-0.3, -0.25) is 0 Å². The fourth-order valence-electron chi connectivity index (χ4n) is 3.33. The lowest BCUT2D eigenvalue weighted by molar-refractivity contribution is 0.490. The van der Waals surface area contributed by atoms with Gasteiger partial charge in [0.05, 0.1) is 11.0 Å². The maximum absolute atomic E-state index is 5.95. The highest BCUT2D eigenvalue weighted by Crippen LogP contribution is 2.37. The van der Waals surface area contributed by atoms with E-state index in [0.717, 1.165) is 23.7 Å². The van der Waals surface area contributed by atoms with Gasteiger partial charge >= 0.3 is 0 Å². The molecule has 0 bridgehead atoms. The third-order valence-electron chi connectivity index (χ3n) is 4.27. The van der Waals surface area contributed by atoms with Crippen LogP contribution in [-0.4, -0.2) is 15.4 Å². The van der Waals surface area contributed by atoms with E-state index < -0.39 is 0 Å². The Morgan fingerprint density at radius 3 is 2.89 bits per heavy atom. The molecule has 1 aliphatic carbocycles. The fraction of sp³-hybridized carbons (Fsp3) is 0.562. The summed E-state index contributed by atoms with van der Waals surface area (Å²) >= 11 is 5.95. The van der Waals surface area contributed by atoms with Crippen LogP contribution in [0.25, 0.3) is 11.0 Å². The van der Waals surface area contributed by atoms with E-state index in [2.05, 4.69) is 36.6 Å². The van der Waals surface area contributed by atoms with Crippen LogP contribution in [0, 0.1) is 12.8 Å². The molecule has 3 heteroatoms. The lowest BCUT2D eigenvalue weighted by atomic mass is 10.1. The summed E-state index contributed by atoms with van der Waals surface area (Å²) in [5.41, 5.74) is 3.71. The third kappa shape index (κ3) is 2.38. The largest absolute Gasteiger partial charge is 0.325 e. The molecular weight excluding hydrogens is 256 g/mol. The molecule has 19 heavy (non-hydrogen) atoms. The van der Waals surface area contributed by atoms with Crippen molar-refractivity contribution in [2.24, 2.45) is 5.92 Å². The summed E-state index contributed by atoms with van der Waals surface area (Å²) in [7, 11) is 0. The zero-order valence-electron chi connectivity index (χ0n) is 11.7. The smallest absolute Gasteiger partial charge is 0.111 e. The van der Waals surface area contributed by atoms with Crippen molar-refractivity contribution in [2.45, 2.75) is 45.6 Å². The summed E-state index contributed by atoms with van der Waals surface area (Å²) < 4.78 is 2.47. The zero-order valence-corrected chi connectivity index (χ0v) is 12.5. The first-order valence-corrected chi connectivity index (χ1v) is 7.76. The monoisotopic (exact) mass is 276 g/mol. The van der Waals surface area contributed by atoms with Crippen molar-refractivity contribution in [1.29, 1.82) is 0 Å². The number of aromatic nitrogens is 2. The average molecular weight is 277 g/mol. The van der Waals surface area contributed by atoms with Crippen LogP contribution in [-0.2, 0) is 6.42 Å². The second-order valence-corrected chi connectivity index (χ2v) is 6.28. The van der Waals surface area contributed by atoms with Gasteiger partial charge in [-0.2, -0.15) is 0 Å². The number of halogens is 1. The minimum atomic E-state index is 0.611. The molecule has 1 aromatic heterocycles. The van der Waals surface area contributed by atoms with Crippen LogP contribution in [0.4, 0.5) is 0 Å². The number of hydrogen-bond acceptors (Lipinski definition) is 1. The summed E-state index contributed by atoms with van der Waals surface area (Å²) in [5, 5.41) is 0. The molecule has 1 aromatic carbocycles. The second kappa shape index (κ2) is 5.16. The standard InChI is InChI=1S/C16H21ClN2/c1-11-3-5-13(9-11)19-15-10-12(2)4-6-14(15)18-16(19)7-8-17/h4,6,10-11,13H,3,5,7-9H2,1-2H3. The average Bonchev–Trinajstić information content (AvgIpc) is 2.93. The molecule has 2 unspecified atom stereocenters. The molecule has 2 atom stereocenters. The number of alkyl halides is 1. The van der Waals surface area contributed by atoms with E-state index in [4.69, 9.17) is 16.6 Å². The van der Waals surface area contributed by atoms with Crippen molar-refractivity contribution in [3.8, 4) is 0 Å². The number of imidazole rings is 1. The Labute approximate surface area is 119 Å². The summed E-state index contributed by atoms with van der Waals surface area (Å²) in [4.78, 5) is 4.79. The van der Waals surface area contributed by atoms with Gasteiger partial charge in [-0.1, -0.05) is 13.0 Å². The molecular formula is C16H21ClN2. The molecule has 1 aliphatic rings. The lowest BCUT2D eigenvalue weighted by Crippen LogP contribution is -2.10. The van der Waals surface area contributed by atoms with Crippen LogP contribution in [0.3, 0.4) is 0 Å². The van der Waals surface area contributed by atoms with Crippen molar-refractivity contribution >= 4 is 22.6 Å². The molecule has 1 saturated carbocycles. The first kappa shape index (κ1) is 13.0. The Morgan fingerprint density at radius 2 is 2.21 bits per heavy atom. The van der Waals surface area contributed by atoms with E-state index in [9.17, 15) is 0 Å². The minimum absolute atomic E-state index is 0.611. The molecule has 1 fully saturated rings. The number of rotatable bonds is 3. The highest BCUT2D eigenvalue weighted by atomic mass is 35.5. The topological polar surface area (TPSA) is 17.8 Å². The highest BCUT2D eigenvalue weighted by Gasteiger charge is 2.26. The second-order valence-electron chi connectivity index (χ2n) is 5.90. The maximum Gasteiger partial charge on any atom is 0.111 e. The molecule has 1 heterocycles. The zero-order chi connectivity index (χ0) is 13.4. The fourth-order valence-corrected chi connectivity index (χ4v) is 3.50. The van der Waals surface area contributed by atoms with E-state index in [1.807, 2.05) is 0 Å². The summed E-state index contributed by atoms with van der Waals surface area (Å²) in [6.45, 7) is 4.50. The van der Waals surface area contributed by atoms with Crippen molar-refractivity contribution in [2.75, 3.05) is 5.88 Å². The van der Waals surface area contributed by atoms with E-state index in [-0.39, 0.29) is 0 Å². The lowest BCUT2D eigenvalue weighted by Gasteiger charge is -2.16. The molecule has 3 rings (SSSR count). The molecule has 102 valence electrons. The molecule has 2 aromatic rings. The van der Waals surface area contributed by atoms with Crippen LogP contribution in [0.5, 0.6) is 0 Å². The Hall–Kier alpha value is -1.02. The third-order valence-corrected chi connectivity index (χ3v) is 4.46. The van der Waals surface area contributed by atoms with Crippen molar-refractivity contribution in [1.82, 2.24) is 9.55 Å². The van der Waals surface area contributed by atoms with Gasteiger partial charge in [0.1, 0.15) is 5.82 Å². The van der Waals surface area contributed by atoms with Crippen LogP contribution >= 0.6 is 11.6 Å². The summed E-state index contributed by atoms with van der Waals surface area (Å²) in [6, 6.07) is 7.15. The van der Waals surface area contributed by atoms with Crippen molar-refractivity contribution in [3.63, 3.8) is 0 Å². The van der Waals surface area contributed by atoms with Crippen LogP contribution < -0.4 is 0 Å². The van der Waals surface area contributed by atoms with Crippen molar-refractivity contribution < 1.29 is 0 Å². The predicted octanol–water partition coefficient (Wildman–Crippen LogP) is 4.49. The van der Waals surface area contributed by atoms with E-state index in [0.29, 0.717) is 11.9 Å². The van der Waals surface area contributed by atoms with Gasteiger partial charge < -0.3 is 4.57 Å². The maximum atomic E-state index is 5.95. The summed E-state index contributed by atoms with van der Waals surface area (Å²) in [5.74, 6) is 2.63. The SMILES string of the molecule is Cc1ccc2nc(CCCl)n(C3CCC(C)C3)c2c1. The molecule has 0 amide bonds. The highest BCUT2D eigenvalue weighted by molar-refractivity contribution is 6.17. The molecule has 0 aliphatic heterocycles. The van der Waals surface area contributed by atoms with Gasteiger partial charge in [0.2, 0.25) is 0 Å². The molecule has 0 N–H and O–H groups in total. The predicted molar refractivity (Wildman–Crippen MR) is 80.9 cm³/mol. The van der Waals surface area contributed by atoms with E-state index in [1.54, 1.807) is 0 Å². The Kier molecular flexibility index (Phi) is 3.53. The quantitative estimate of drug-likeness (QED) is 0.756. The number of hydrogen-bond donors (Lipinski definition) is 0. The first-order valence-electron chi connectivity index (χ1n) is 7.22. The van der Waals surface area contributed by atoms with Gasteiger partial charge in [0, 0.05) is 18.3 Å². The van der Waals surface area contributed by atoms with Crippen LogP contribution in [0.15, 0.2) is 18.2 Å². The molecule has 0 radical (unpaired) electrons. The van der Waals surface area contributed by atoms with E-state index >= 15 is 0 Å². The van der Waals surface area contributed by atoms with Gasteiger partial charge in [-0.15, -0.1) is 11.6 Å². The summed E-state index contributed by atoms with van der Waals surface area (Å²) in [6.07, 6.45) is 4.74. The number of fused-ring (bicyclic) bond motifs is 1. The minimum Gasteiger partial charge on any atom is -0.325 e. The van der Waals surface area contributed by atoms with Gasteiger partial charge in [-0.05, 0) is 49.8 Å². The Bertz CT molecular complexity index is 588. The Morgan fingerprint density at radius 1 is 1.37 bits per heavy atom. The number of aryl methyl sites for hydroxylation is 2. The number of nitrogens with zero attached hydrogens (tertiary/aromatic N) is 2. The van der Waals surface area contributed by atoms with Gasteiger partial charge in [-0.25, -0.2) is 4.98 Å². The number of benzene rings is 1. The van der Waals surface area contributed by atoms with Gasteiger partial charge in [0.25, 0.3) is 0 Å².